The first-order valence-electron chi connectivity index (χ1n) is 5.97. The highest BCUT2D eigenvalue weighted by molar-refractivity contribution is 6.31. The van der Waals surface area contributed by atoms with Gasteiger partial charge in [0.1, 0.15) is 0 Å². The summed E-state index contributed by atoms with van der Waals surface area (Å²) in [5.74, 6) is -1.08. The van der Waals surface area contributed by atoms with Crippen molar-refractivity contribution >= 4 is 28.9 Å². The zero-order valence-corrected chi connectivity index (χ0v) is 11.5. The summed E-state index contributed by atoms with van der Waals surface area (Å²) in [5, 5.41) is 23.1. The molecule has 0 fully saturated rings. The van der Waals surface area contributed by atoms with Crippen LogP contribution in [0.3, 0.4) is 0 Å². The first-order chi connectivity index (χ1) is 9.97. The highest BCUT2D eigenvalue weighted by Crippen LogP contribution is 2.22. The number of aromatic carboxylic acids is 1. The van der Waals surface area contributed by atoms with Gasteiger partial charge in [0.2, 0.25) is 0 Å². The summed E-state index contributed by atoms with van der Waals surface area (Å²) in [6, 6.07) is 10.5. The standard InChI is InChI=1S/C14H11ClN2O4/c15-10-4-5-12(14(18)19)13(7-10)16-8-9-2-1-3-11(6-9)17(20)21/h1-7,16H,8H2,(H,18,19). The molecule has 0 saturated carbocycles. The van der Waals surface area contributed by atoms with Gasteiger partial charge in [-0.25, -0.2) is 4.79 Å². The molecule has 2 aromatic rings. The zero-order chi connectivity index (χ0) is 15.4. The molecule has 0 radical (unpaired) electrons. The van der Waals surface area contributed by atoms with Crippen LogP contribution in [0.5, 0.6) is 0 Å². The quantitative estimate of drug-likeness (QED) is 0.651. The van der Waals surface area contributed by atoms with Crippen molar-refractivity contribution in [2.24, 2.45) is 0 Å². The SMILES string of the molecule is O=C(O)c1ccc(Cl)cc1NCc1cccc([N+](=O)[O-])c1. The fourth-order valence-corrected chi connectivity index (χ4v) is 2.00. The molecule has 0 heterocycles. The van der Waals surface area contributed by atoms with Crippen LogP contribution in [0.15, 0.2) is 42.5 Å². The first kappa shape index (κ1) is 14.8. The van der Waals surface area contributed by atoms with Crippen LogP contribution < -0.4 is 5.32 Å². The van der Waals surface area contributed by atoms with Crippen molar-refractivity contribution in [1.29, 1.82) is 0 Å². The predicted octanol–water partition coefficient (Wildman–Crippen LogP) is 3.56. The third-order valence-corrected chi connectivity index (χ3v) is 3.05. The van der Waals surface area contributed by atoms with Crippen LogP contribution >= 0.6 is 11.6 Å². The number of nitrogens with zero attached hydrogens (tertiary/aromatic N) is 1. The van der Waals surface area contributed by atoms with Crippen LogP contribution in [-0.4, -0.2) is 16.0 Å². The van der Waals surface area contributed by atoms with Crippen LogP contribution in [0.25, 0.3) is 0 Å². The zero-order valence-electron chi connectivity index (χ0n) is 10.7. The number of nitro benzene ring substituents is 1. The van der Waals surface area contributed by atoms with Crippen molar-refractivity contribution in [3.8, 4) is 0 Å². The van der Waals surface area contributed by atoms with Gasteiger partial charge in [0.15, 0.2) is 0 Å². The molecule has 0 bridgehead atoms. The third kappa shape index (κ3) is 3.70. The molecule has 0 aliphatic carbocycles. The summed E-state index contributed by atoms with van der Waals surface area (Å²) in [7, 11) is 0. The molecule has 2 rings (SSSR count). The molecule has 0 amide bonds. The van der Waals surface area contributed by atoms with Crippen molar-refractivity contribution in [1.82, 2.24) is 0 Å². The number of non-ortho nitro benzene ring substituents is 1. The Labute approximate surface area is 125 Å². The largest absolute Gasteiger partial charge is 0.478 e. The maximum Gasteiger partial charge on any atom is 0.337 e. The molecule has 0 aliphatic heterocycles. The summed E-state index contributed by atoms with van der Waals surface area (Å²) in [6.07, 6.45) is 0. The molecular formula is C14H11ClN2O4. The van der Waals surface area contributed by atoms with Crippen molar-refractivity contribution in [2.45, 2.75) is 6.54 Å². The second kappa shape index (κ2) is 6.23. The number of nitro groups is 1. The number of benzene rings is 2. The number of halogens is 1. The Balaban J connectivity index is 2.20. The Kier molecular flexibility index (Phi) is 4.39. The number of carboxylic acid groups (broad SMARTS) is 1. The van der Waals surface area contributed by atoms with E-state index in [1.807, 2.05) is 0 Å². The summed E-state index contributed by atoms with van der Waals surface area (Å²) in [4.78, 5) is 21.3. The molecule has 6 nitrogen and oxygen atoms in total. The van der Waals surface area contributed by atoms with E-state index in [0.717, 1.165) is 0 Å². The molecule has 0 saturated heterocycles. The number of hydrogen-bond acceptors (Lipinski definition) is 4. The van der Waals surface area contributed by atoms with Gasteiger partial charge in [0.25, 0.3) is 5.69 Å². The van der Waals surface area contributed by atoms with Gasteiger partial charge in [-0.1, -0.05) is 23.7 Å². The van der Waals surface area contributed by atoms with Gasteiger partial charge < -0.3 is 10.4 Å². The van der Waals surface area contributed by atoms with Crippen LogP contribution in [0.4, 0.5) is 11.4 Å². The van der Waals surface area contributed by atoms with E-state index in [-0.39, 0.29) is 17.8 Å². The molecule has 0 aromatic heterocycles. The van der Waals surface area contributed by atoms with Crippen LogP contribution in [0, 0.1) is 10.1 Å². The Morgan fingerprint density at radius 3 is 2.71 bits per heavy atom. The van der Waals surface area contributed by atoms with Gasteiger partial charge in [-0.05, 0) is 23.8 Å². The molecule has 0 spiro atoms. The lowest BCUT2D eigenvalue weighted by Gasteiger charge is -2.10. The number of rotatable bonds is 5. The van der Waals surface area contributed by atoms with E-state index >= 15 is 0 Å². The van der Waals surface area contributed by atoms with Crippen molar-refractivity contribution in [2.75, 3.05) is 5.32 Å². The molecular weight excluding hydrogens is 296 g/mol. The Morgan fingerprint density at radius 1 is 1.29 bits per heavy atom. The Morgan fingerprint density at radius 2 is 2.05 bits per heavy atom. The average molecular weight is 307 g/mol. The molecule has 0 unspecified atom stereocenters. The first-order valence-corrected chi connectivity index (χ1v) is 6.35. The normalized spacial score (nSPS) is 10.1. The van der Waals surface area contributed by atoms with E-state index in [9.17, 15) is 14.9 Å². The second-order valence-corrected chi connectivity index (χ2v) is 4.71. The molecule has 7 heteroatoms. The average Bonchev–Trinajstić information content (AvgIpc) is 2.45. The number of carbonyl (C=O) groups is 1. The van der Waals surface area contributed by atoms with E-state index in [1.165, 1.54) is 30.3 Å². The summed E-state index contributed by atoms with van der Waals surface area (Å²) < 4.78 is 0. The smallest absolute Gasteiger partial charge is 0.337 e. The molecule has 0 atom stereocenters. The van der Waals surface area contributed by atoms with E-state index in [1.54, 1.807) is 12.1 Å². The lowest BCUT2D eigenvalue weighted by atomic mass is 10.1. The minimum Gasteiger partial charge on any atom is -0.478 e. The number of hydrogen-bond donors (Lipinski definition) is 2. The van der Waals surface area contributed by atoms with Crippen LogP contribution in [0.2, 0.25) is 5.02 Å². The molecule has 108 valence electrons. The van der Waals surface area contributed by atoms with Gasteiger partial charge in [-0.3, -0.25) is 10.1 Å². The van der Waals surface area contributed by atoms with E-state index in [0.29, 0.717) is 16.3 Å². The monoisotopic (exact) mass is 306 g/mol. The highest BCUT2D eigenvalue weighted by atomic mass is 35.5. The van der Waals surface area contributed by atoms with E-state index in [2.05, 4.69) is 5.32 Å². The van der Waals surface area contributed by atoms with Crippen LogP contribution in [-0.2, 0) is 6.54 Å². The minimum atomic E-state index is -1.08. The summed E-state index contributed by atoms with van der Waals surface area (Å²) in [5.41, 5.74) is 1.10. The molecule has 0 aliphatic rings. The Bertz CT molecular complexity index is 703. The lowest BCUT2D eigenvalue weighted by molar-refractivity contribution is -0.384. The van der Waals surface area contributed by atoms with Gasteiger partial charge in [0, 0.05) is 23.7 Å². The topological polar surface area (TPSA) is 92.5 Å². The predicted molar refractivity (Wildman–Crippen MR) is 78.8 cm³/mol. The summed E-state index contributed by atoms with van der Waals surface area (Å²) in [6.45, 7) is 0.252. The van der Waals surface area contributed by atoms with Crippen molar-refractivity contribution in [3.05, 3.63) is 68.7 Å². The third-order valence-electron chi connectivity index (χ3n) is 2.82. The lowest BCUT2D eigenvalue weighted by Crippen LogP contribution is -2.06. The van der Waals surface area contributed by atoms with Gasteiger partial charge in [-0.15, -0.1) is 0 Å². The van der Waals surface area contributed by atoms with Gasteiger partial charge in [-0.2, -0.15) is 0 Å². The van der Waals surface area contributed by atoms with Crippen LogP contribution in [0.1, 0.15) is 15.9 Å². The highest BCUT2D eigenvalue weighted by Gasteiger charge is 2.11. The van der Waals surface area contributed by atoms with Crippen molar-refractivity contribution < 1.29 is 14.8 Å². The second-order valence-electron chi connectivity index (χ2n) is 4.28. The summed E-state index contributed by atoms with van der Waals surface area (Å²) >= 11 is 5.85. The Hall–Kier alpha value is -2.60. The number of carboxylic acids is 1. The van der Waals surface area contributed by atoms with E-state index < -0.39 is 10.9 Å². The molecule has 2 aromatic carbocycles. The van der Waals surface area contributed by atoms with Crippen molar-refractivity contribution in [3.63, 3.8) is 0 Å². The maximum absolute atomic E-state index is 11.1. The molecule has 21 heavy (non-hydrogen) atoms. The number of anilines is 1. The maximum atomic E-state index is 11.1. The number of nitrogens with one attached hydrogen (secondary N) is 1. The fourth-order valence-electron chi connectivity index (χ4n) is 1.83. The van der Waals surface area contributed by atoms with E-state index in [4.69, 9.17) is 16.7 Å². The van der Waals surface area contributed by atoms with Gasteiger partial charge >= 0.3 is 5.97 Å². The van der Waals surface area contributed by atoms with Gasteiger partial charge in [0.05, 0.1) is 16.2 Å². The minimum absolute atomic E-state index is 0.0150. The fraction of sp³-hybridized carbons (Fsp3) is 0.0714. The molecule has 2 N–H and O–H groups in total.